The molecule has 0 saturated carbocycles. The van der Waals surface area contributed by atoms with Crippen LogP contribution in [-0.2, 0) is 14.3 Å². The van der Waals surface area contributed by atoms with Gasteiger partial charge in [0.1, 0.15) is 5.75 Å². The summed E-state index contributed by atoms with van der Waals surface area (Å²) in [5.74, 6) is -0.103. The molecule has 0 aliphatic heterocycles. The van der Waals surface area contributed by atoms with Gasteiger partial charge in [-0.2, -0.15) is 5.10 Å². The summed E-state index contributed by atoms with van der Waals surface area (Å²) >= 11 is 0. The second kappa shape index (κ2) is 10.1. The Morgan fingerprint density at radius 1 is 1.04 bits per heavy atom. The number of ether oxygens (including phenoxy) is 2. The molecule has 2 N–H and O–H groups in total. The summed E-state index contributed by atoms with van der Waals surface area (Å²) in [5.41, 5.74) is 4.20. The van der Waals surface area contributed by atoms with Crippen molar-refractivity contribution in [3.63, 3.8) is 0 Å². The maximum atomic E-state index is 12.3. The summed E-state index contributed by atoms with van der Waals surface area (Å²) in [5, 5.41) is 6.75. The molecule has 1 atom stereocenters. The zero-order chi connectivity index (χ0) is 19.6. The first kappa shape index (κ1) is 20.1. The molecule has 142 valence electrons. The van der Waals surface area contributed by atoms with Crippen molar-refractivity contribution in [3.05, 3.63) is 60.2 Å². The normalized spacial score (nSPS) is 12.2. The minimum Gasteiger partial charge on any atom is -0.495 e. The third-order valence-corrected chi connectivity index (χ3v) is 3.73. The Bertz CT molecular complexity index is 806. The smallest absolute Gasteiger partial charge is 0.273 e. The van der Waals surface area contributed by atoms with Crippen LogP contribution in [0.25, 0.3) is 0 Å². The van der Waals surface area contributed by atoms with Gasteiger partial charge in [-0.15, -0.1) is 0 Å². The average Bonchev–Trinajstić information content (AvgIpc) is 2.68. The fraction of sp³-hybridized carbons (Fsp3) is 0.250. The van der Waals surface area contributed by atoms with Gasteiger partial charge >= 0.3 is 0 Å². The number of nitrogens with one attached hydrogen (secondary N) is 2. The summed E-state index contributed by atoms with van der Waals surface area (Å²) in [6, 6.07) is 16.2. The number of methoxy groups -OCH3 is 2. The van der Waals surface area contributed by atoms with Crippen LogP contribution >= 0.6 is 0 Å². The number of hydrogen-bond acceptors (Lipinski definition) is 5. The van der Waals surface area contributed by atoms with Gasteiger partial charge in [-0.25, -0.2) is 5.43 Å². The predicted molar refractivity (Wildman–Crippen MR) is 104 cm³/mol. The zero-order valence-electron chi connectivity index (χ0n) is 15.6. The second-order valence-corrected chi connectivity index (χ2v) is 5.77. The summed E-state index contributed by atoms with van der Waals surface area (Å²) in [7, 11) is 2.99. The summed E-state index contributed by atoms with van der Waals surface area (Å²) < 4.78 is 10.4. The maximum Gasteiger partial charge on any atom is 0.273 e. The molecule has 0 saturated heterocycles. The van der Waals surface area contributed by atoms with Crippen molar-refractivity contribution >= 4 is 23.2 Å². The van der Waals surface area contributed by atoms with Crippen LogP contribution in [0.3, 0.4) is 0 Å². The van der Waals surface area contributed by atoms with E-state index in [1.54, 1.807) is 37.3 Å². The highest BCUT2D eigenvalue weighted by molar-refractivity contribution is 6.06. The van der Waals surface area contributed by atoms with Gasteiger partial charge in [0.15, 0.2) is 6.10 Å². The highest BCUT2D eigenvalue weighted by Gasteiger charge is 2.19. The van der Waals surface area contributed by atoms with Crippen LogP contribution < -0.4 is 15.5 Å². The lowest BCUT2D eigenvalue weighted by Gasteiger charge is -2.14. The van der Waals surface area contributed by atoms with Gasteiger partial charge in [0, 0.05) is 12.8 Å². The Kier molecular flexibility index (Phi) is 7.51. The van der Waals surface area contributed by atoms with Gasteiger partial charge in [-0.3, -0.25) is 9.59 Å². The number of hydrogen-bond donors (Lipinski definition) is 2. The van der Waals surface area contributed by atoms with E-state index < -0.39 is 12.0 Å². The van der Waals surface area contributed by atoms with E-state index in [4.69, 9.17) is 9.47 Å². The lowest BCUT2D eigenvalue weighted by Crippen LogP contribution is -2.28. The molecule has 0 fully saturated rings. The maximum absolute atomic E-state index is 12.3. The summed E-state index contributed by atoms with van der Waals surface area (Å²) in [6.07, 6.45) is -0.744. The minimum atomic E-state index is -0.773. The molecule has 27 heavy (non-hydrogen) atoms. The van der Waals surface area contributed by atoms with Gasteiger partial charge in [0.25, 0.3) is 5.91 Å². The van der Waals surface area contributed by atoms with E-state index in [1.165, 1.54) is 14.2 Å². The van der Waals surface area contributed by atoms with Crippen molar-refractivity contribution < 1.29 is 19.1 Å². The fourth-order valence-corrected chi connectivity index (χ4v) is 2.45. The van der Waals surface area contributed by atoms with Crippen molar-refractivity contribution in [1.82, 2.24) is 5.43 Å². The standard InChI is InChI=1S/C20H23N3O4/c1-14(13-18(24)21-16-11-7-8-12-17(16)26-2)22-23-20(25)19(27-3)15-9-5-4-6-10-15/h4-12,19H,13H2,1-3H3,(H,21,24)(H,23,25). The van der Waals surface area contributed by atoms with E-state index in [1.807, 2.05) is 24.3 Å². The Morgan fingerprint density at radius 3 is 2.37 bits per heavy atom. The van der Waals surface area contributed by atoms with Crippen LogP contribution in [0.15, 0.2) is 59.7 Å². The first-order valence-electron chi connectivity index (χ1n) is 8.38. The first-order valence-corrected chi connectivity index (χ1v) is 8.38. The number of nitrogens with zero attached hydrogens (tertiary/aromatic N) is 1. The van der Waals surface area contributed by atoms with E-state index >= 15 is 0 Å². The number of carbonyl (C=O) groups excluding carboxylic acids is 2. The molecule has 1 unspecified atom stereocenters. The summed E-state index contributed by atoms with van der Waals surface area (Å²) in [4.78, 5) is 24.4. The molecule has 2 amide bonds. The number of hydrazone groups is 1. The van der Waals surface area contributed by atoms with Gasteiger partial charge in [-0.1, -0.05) is 42.5 Å². The van der Waals surface area contributed by atoms with E-state index in [0.29, 0.717) is 17.1 Å². The number of anilines is 1. The molecule has 0 aliphatic carbocycles. The van der Waals surface area contributed by atoms with Crippen molar-refractivity contribution in [3.8, 4) is 5.75 Å². The molecule has 7 heteroatoms. The first-order chi connectivity index (χ1) is 13.0. The molecule has 0 spiro atoms. The molecular weight excluding hydrogens is 346 g/mol. The van der Waals surface area contributed by atoms with Crippen molar-refractivity contribution in [2.45, 2.75) is 19.4 Å². The molecule has 2 rings (SSSR count). The van der Waals surface area contributed by atoms with E-state index in [2.05, 4.69) is 15.8 Å². The Balaban J connectivity index is 1.93. The molecule has 0 aromatic heterocycles. The Labute approximate surface area is 158 Å². The van der Waals surface area contributed by atoms with Gasteiger partial charge < -0.3 is 14.8 Å². The van der Waals surface area contributed by atoms with Crippen LogP contribution in [0.5, 0.6) is 5.75 Å². The molecular formula is C20H23N3O4. The van der Waals surface area contributed by atoms with Gasteiger partial charge in [0.2, 0.25) is 5.91 Å². The largest absolute Gasteiger partial charge is 0.495 e. The van der Waals surface area contributed by atoms with Crippen molar-refractivity contribution in [2.24, 2.45) is 5.10 Å². The third-order valence-electron chi connectivity index (χ3n) is 3.73. The molecule has 2 aromatic carbocycles. The molecule has 2 aromatic rings. The quantitative estimate of drug-likeness (QED) is 0.553. The lowest BCUT2D eigenvalue weighted by atomic mass is 10.1. The van der Waals surface area contributed by atoms with E-state index in [9.17, 15) is 9.59 Å². The molecule has 0 radical (unpaired) electrons. The van der Waals surface area contributed by atoms with Crippen molar-refractivity contribution in [2.75, 3.05) is 19.5 Å². The molecule has 0 heterocycles. The third kappa shape index (κ3) is 5.93. The zero-order valence-corrected chi connectivity index (χ0v) is 15.6. The van der Waals surface area contributed by atoms with Crippen LogP contribution in [0.2, 0.25) is 0 Å². The minimum absolute atomic E-state index is 0.0291. The Hall–Kier alpha value is -3.19. The number of amides is 2. The fourth-order valence-electron chi connectivity index (χ4n) is 2.45. The SMILES string of the molecule is COc1ccccc1NC(=O)CC(C)=NNC(=O)C(OC)c1ccccc1. The van der Waals surface area contributed by atoms with Crippen LogP contribution in [0, 0.1) is 0 Å². The predicted octanol–water partition coefficient (Wildman–Crippen LogP) is 2.90. The van der Waals surface area contributed by atoms with Crippen LogP contribution in [0.1, 0.15) is 25.0 Å². The van der Waals surface area contributed by atoms with Gasteiger partial charge in [-0.05, 0) is 24.6 Å². The molecule has 0 aliphatic rings. The highest BCUT2D eigenvalue weighted by Crippen LogP contribution is 2.23. The van der Waals surface area contributed by atoms with Crippen LogP contribution in [0.4, 0.5) is 5.69 Å². The highest BCUT2D eigenvalue weighted by atomic mass is 16.5. The van der Waals surface area contributed by atoms with Crippen molar-refractivity contribution in [1.29, 1.82) is 0 Å². The van der Waals surface area contributed by atoms with Crippen LogP contribution in [-0.4, -0.2) is 31.7 Å². The average molecular weight is 369 g/mol. The number of rotatable bonds is 8. The molecule has 7 nitrogen and oxygen atoms in total. The van der Waals surface area contributed by atoms with Gasteiger partial charge in [0.05, 0.1) is 19.2 Å². The summed E-state index contributed by atoms with van der Waals surface area (Å²) in [6.45, 7) is 1.66. The second-order valence-electron chi connectivity index (χ2n) is 5.77. The Morgan fingerprint density at radius 2 is 1.70 bits per heavy atom. The number of carbonyl (C=O) groups is 2. The monoisotopic (exact) mass is 369 g/mol. The topological polar surface area (TPSA) is 89.0 Å². The van der Waals surface area contributed by atoms with E-state index in [-0.39, 0.29) is 12.3 Å². The number of benzene rings is 2. The number of para-hydroxylation sites is 2. The van der Waals surface area contributed by atoms with E-state index in [0.717, 1.165) is 5.56 Å². The molecule has 0 bridgehead atoms. The lowest BCUT2D eigenvalue weighted by molar-refractivity contribution is -0.131.